The first kappa shape index (κ1) is 28.7. The van der Waals surface area contributed by atoms with Gasteiger partial charge in [-0.15, -0.1) is 0 Å². The lowest BCUT2D eigenvalue weighted by atomic mass is 9.82. The minimum atomic E-state index is -3.52. The average Bonchev–Trinajstić information content (AvgIpc) is 3.31. The highest BCUT2D eigenvalue weighted by Crippen LogP contribution is 2.48. The van der Waals surface area contributed by atoms with E-state index in [1.54, 1.807) is 19.9 Å². The normalized spacial score (nSPS) is 26.8. The lowest BCUT2D eigenvalue weighted by Crippen LogP contribution is -2.41. The van der Waals surface area contributed by atoms with Gasteiger partial charge in [0.2, 0.25) is 0 Å². The van der Waals surface area contributed by atoms with Gasteiger partial charge in [0.15, 0.2) is 18.0 Å². The van der Waals surface area contributed by atoms with Crippen LogP contribution in [-0.2, 0) is 23.4 Å². The minimum absolute atomic E-state index is 0.196. The highest BCUT2D eigenvalue weighted by Gasteiger charge is 2.55. The number of pyridine rings is 1. The zero-order valence-electron chi connectivity index (χ0n) is 21.2. The van der Waals surface area contributed by atoms with Gasteiger partial charge in [-0.3, -0.25) is 13.9 Å². The van der Waals surface area contributed by atoms with Crippen molar-refractivity contribution in [2.24, 2.45) is 5.41 Å². The lowest BCUT2D eigenvalue weighted by Gasteiger charge is -2.30. The summed E-state index contributed by atoms with van der Waals surface area (Å²) in [5.74, 6) is -0.577. The molecule has 0 aromatic carbocycles. The van der Waals surface area contributed by atoms with Gasteiger partial charge in [-0.25, -0.2) is 19.4 Å². The fourth-order valence-corrected chi connectivity index (χ4v) is 5.49. The van der Waals surface area contributed by atoms with E-state index >= 15 is 4.39 Å². The first-order chi connectivity index (χ1) is 16.8. The molecule has 1 fully saturated rings. The molecule has 1 aliphatic rings. The SMILES string of the molecule is CCNc1cc(Cl)nc2c1ncn2[C@@H]1O[C@H](COP(C)(=O)N[C@@H](C)C(=O)OC(C)C)C(C)(CO)[C@H]1F. The first-order valence-corrected chi connectivity index (χ1v) is 14.2. The van der Waals surface area contributed by atoms with Crippen molar-refractivity contribution in [3.8, 4) is 0 Å². The predicted molar refractivity (Wildman–Crippen MR) is 134 cm³/mol. The second-order valence-corrected chi connectivity index (χ2v) is 12.0. The Hall–Kier alpha value is -1.82. The number of halogens is 2. The summed E-state index contributed by atoms with van der Waals surface area (Å²) in [6.07, 6.45) is -2.76. The smallest absolute Gasteiger partial charge is 0.323 e. The number of aliphatic hydroxyl groups excluding tert-OH is 1. The number of fused-ring (bicyclic) bond motifs is 1. The summed E-state index contributed by atoms with van der Waals surface area (Å²) in [7, 11) is -3.52. The Labute approximate surface area is 214 Å². The van der Waals surface area contributed by atoms with Crippen LogP contribution in [0.2, 0.25) is 5.15 Å². The van der Waals surface area contributed by atoms with E-state index in [2.05, 4.69) is 20.4 Å². The van der Waals surface area contributed by atoms with Crippen molar-refractivity contribution < 1.29 is 32.9 Å². The topological polar surface area (TPSA) is 137 Å². The van der Waals surface area contributed by atoms with Gasteiger partial charge in [-0.1, -0.05) is 18.5 Å². The molecule has 14 heteroatoms. The molecule has 0 radical (unpaired) electrons. The van der Waals surface area contributed by atoms with Crippen molar-refractivity contribution in [2.45, 2.75) is 65.3 Å². The molecule has 0 saturated carbocycles. The van der Waals surface area contributed by atoms with Crippen LogP contribution in [0.5, 0.6) is 0 Å². The molecule has 6 atom stereocenters. The summed E-state index contributed by atoms with van der Waals surface area (Å²) >= 11 is 6.18. The van der Waals surface area contributed by atoms with Crippen molar-refractivity contribution in [1.29, 1.82) is 0 Å². The molecular weight excluding hydrogens is 516 g/mol. The monoisotopic (exact) mass is 549 g/mol. The van der Waals surface area contributed by atoms with E-state index in [9.17, 15) is 14.5 Å². The Morgan fingerprint density at radius 3 is 2.75 bits per heavy atom. The maximum absolute atomic E-state index is 15.8. The number of esters is 1. The Balaban J connectivity index is 1.79. The molecule has 1 aliphatic heterocycles. The molecule has 2 unspecified atom stereocenters. The van der Waals surface area contributed by atoms with E-state index in [1.165, 1.54) is 31.4 Å². The fourth-order valence-electron chi connectivity index (χ4n) is 3.99. The number of nitrogens with zero attached hydrogens (tertiary/aromatic N) is 3. The van der Waals surface area contributed by atoms with Gasteiger partial charge in [-0.2, -0.15) is 0 Å². The van der Waals surface area contributed by atoms with Gasteiger partial charge in [0.1, 0.15) is 16.7 Å². The quantitative estimate of drug-likeness (QED) is 0.217. The van der Waals surface area contributed by atoms with Gasteiger partial charge < -0.3 is 24.4 Å². The number of hydrogen-bond acceptors (Lipinski definition) is 9. The summed E-state index contributed by atoms with van der Waals surface area (Å²) in [4.78, 5) is 20.7. The Morgan fingerprint density at radius 1 is 1.44 bits per heavy atom. The number of aromatic nitrogens is 3. The van der Waals surface area contributed by atoms with Crippen LogP contribution in [0, 0.1) is 5.41 Å². The van der Waals surface area contributed by atoms with Crippen molar-refractivity contribution in [3.05, 3.63) is 17.5 Å². The fraction of sp³-hybridized carbons (Fsp3) is 0.682. The van der Waals surface area contributed by atoms with Gasteiger partial charge in [0, 0.05) is 19.3 Å². The number of rotatable bonds is 11. The van der Waals surface area contributed by atoms with E-state index in [1.807, 2.05) is 6.92 Å². The predicted octanol–water partition coefficient (Wildman–Crippen LogP) is 3.52. The standard InChI is InChI=1S/C22H34ClFN5O6P/c1-7-25-14-8-16(23)27-19-17(14)26-11-29(19)20-18(24)22(5,10-30)15(35-20)9-33-36(6,32)28-13(4)21(31)34-12(2)3/h8,11-13,15,18,20,30H,7,9-10H2,1-6H3,(H,25,27)(H,28,32)/t13-,15+,18-,20+,22?,36?/m0/s1. The number of hydrogen-bond donors (Lipinski definition) is 3. The molecule has 0 aliphatic carbocycles. The molecule has 0 amide bonds. The Morgan fingerprint density at radius 2 is 2.14 bits per heavy atom. The van der Waals surface area contributed by atoms with Gasteiger partial charge >= 0.3 is 5.97 Å². The van der Waals surface area contributed by atoms with Crippen molar-refractivity contribution in [2.75, 3.05) is 31.7 Å². The number of imidazole rings is 1. The number of alkyl halides is 1. The number of ether oxygens (including phenoxy) is 2. The highest BCUT2D eigenvalue weighted by atomic mass is 35.5. The van der Waals surface area contributed by atoms with Crippen LogP contribution in [0.15, 0.2) is 12.4 Å². The van der Waals surface area contributed by atoms with E-state index in [0.29, 0.717) is 23.4 Å². The minimum Gasteiger partial charge on any atom is -0.462 e. The Bertz CT molecular complexity index is 1140. The first-order valence-electron chi connectivity index (χ1n) is 11.7. The molecule has 3 rings (SSSR count). The molecule has 1 saturated heterocycles. The molecule has 3 heterocycles. The molecule has 3 N–H and O–H groups in total. The second kappa shape index (κ2) is 11.3. The molecule has 2 aromatic heterocycles. The molecule has 0 spiro atoms. The molecule has 0 bridgehead atoms. The van der Waals surface area contributed by atoms with Crippen molar-refractivity contribution >= 4 is 41.9 Å². The Kier molecular flexibility index (Phi) is 9.01. The highest BCUT2D eigenvalue weighted by molar-refractivity contribution is 7.56. The summed E-state index contributed by atoms with van der Waals surface area (Å²) in [5, 5.41) is 16.1. The van der Waals surface area contributed by atoms with E-state index in [4.69, 9.17) is 25.6 Å². The zero-order chi connectivity index (χ0) is 26.8. The van der Waals surface area contributed by atoms with E-state index < -0.39 is 50.1 Å². The maximum Gasteiger partial charge on any atom is 0.323 e. The molecule has 2 aromatic rings. The van der Waals surface area contributed by atoms with Gasteiger partial charge in [-0.05, 0) is 27.7 Å². The van der Waals surface area contributed by atoms with Crippen molar-refractivity contribution in [1.82, 2.24) is 19.6 Å². The largest absolute Gasteiger partial charge is 0.462 e. The molecule has 11 nitrogen and oxygen atoms in total. The van der Waals surface area contributed by atoms with Crippen LogP contribution in [0.25, 0.3) is 11.2 Å². The van der Waals surface area contributed by atoms with Gasteiger partial charge in [0.25, 0.3) is 7.52 Å². The van der Waals surface area contributed by atoms with Crippen LogP contribution in [0.3, 0.4) is 0 Å². The lowest BCUT2D eigenvalue weighted by molar-refractivity contribution is -0.149. The molecular formula is C22H34ClFN5O6P. The van der Waals surface area contributed by atoms with Crippen LogP contribution in [0.4, 0.5) is 10.1 Å². The molecule has 36 heavy (non-hydrogen) atoms. The number of nitrogens with one attached hydrogen (secondary N) is 2. The summed E-state index contributed by atoms with van der Waals surface area (Å²) in [6.45, 7) is 9.42. The third-order valence-corrected chi connectivity index (χ3v) is 7.70. The summed E-state index contributed by atoms with van der Waals surface area (Å²) < 4.78 is 46.8. The summed E-state index contributed by atoms with van der Waals surface area (Å²) in [5.41, 5.74) is 0.0693. The van der Waals surface area contributed by atoms with Crippen LogP contribution >= 0.6 is 19.1 Å². The third-order valence-electron chi connectivity index (χ3n) is 6.01. The van der Waals surface area contributed by atoms with E-state index in [0.717, 1.165) is 0 Å². The van der Waals surface area contributed by atoms with Gasteiger partial charge in [0.05, 0.1) is 42.9 Å². The van der Waals surface area contributed by atoms with Crippen molar-refractivity contribution in [3.63, 3.8) is 0 Å². The zero-order valence-corrected chi connectivity index (χ0v) is 22.8. The maximum atomic E-state index is 15.8. The number of anilines is 1. The third kappa shape index (κ3) is 6.00. The summed E-state index contributed by atoms with van der Waals surface area (Å²) in [6, 6.07) is 0.739. The number of aliphatic hydroxyl groups is 1. The molecule has 202 valence electrons. The van der Waals surface area contributed by atoms with Crippen LogP contribution < -0.4 is 10.4 Å². The van der Waals surface area contributed by atoms with Crippen LogP contribution in [-0.4, -0.2) is 76.5 Å². The second-order valence-electron chi connectivity index (χ2n) is 9.41. The average molecular weight is 550 g/mol. The number of carbonyl (C=O) groups excluding carboxylic acids is 1. The van der Waals surface area contributed by atoms with E-state index in [-0.39, 0.29) is 17.9 Å². The van der Waals surface area contributed by atoms with Crippen LogP contribution in [0.1, 0.15) is 40.8 Å². The number of carbonyl (C=O) groups is 1.